The van der Waals surface area contributed by atoms with Gasteiger partial charge in [-0.25, -0.2) is 8.42 Å². The van der Waals surface area contributed by atoms with Crippen molar-refractivity contribution in [2.45, 2.75) is 31.1 Å². The minimum atomic E-state index is -3.58. The summed E-state index contributed by atoms with van der Waals surface area (Å²) in [5.41, 5.74) is 1.37. The summed E-state index contributed by atoms with van der Waals surface area (Å²) >= 11 is 1.82. The molecule has 0 saturated carbocycles. The minimum Gasteiger partial charge on any atom is -0.465 e. The van der Waals surface area contributed by atoms with Gasteiger partial charge in [-0.1, -0.05) is 12.1 Å². The minimum absolute atomic E-state index is 0.185. The summed E-state index contributed by atoms with van der Waals surface area (Å²) in [5.74, 6) is 0. The highest BCUT2D eigenvalue weighted by Crippen LogP contribution is 2.32. The van der Waals surface area contributed by atoms with Crippen molar-refractivity contribution in [1.29, 1.82) is 0 Å². The molecule has 0 radical (unpaired) electrons. The molecule has 0 aromatic heterocycles. The van der Waals surface area contributed by atoms with Gasteiger partial charge in [-0.15, -0.1) is 4.40 Å². The average Bonchev–Trinajstić information content (AvgIpc) is 2.51. The zero-order valence-electron chi connectivity index (χ0n) is 14.8. The molecule has 2 aliphatic heterocycles. The Balaban J connectivity index is 1.75. The number of hydrogen-bond acceptors (Lipinski definition) is 5. The van der Waals surface area contributed by atoms with Crippen LogP contribution in [0.5, 0.6) is 0 Å². The molecule has 6 nitrogen and oxygen atoms in total. The molecular weight excluding hydrogens is 453 g/mol. The average molecular weight is 477 g/mol. The van der Waals surface area contributed by atoms with E-state index >= 15 is 0 Å². The number of rotatable bonds is 3. The maximum absolute atomic E-state index is 12.5. The summed E-state index contributed by atoms with van der Waals surface area (Å²) in [4.78, 5) is 4.68. The van der Waals surface area contributed by atoms with Crippen molar-refractivity contribution in [2.24, 2.45) is 4.40 Å². The molecule has 8 heteroatoms. The molecule has 1 saturated heterocycles. The zero-order valence-corrected chi connectivity index (χ0v) is 17.7. The number of likely N-dealkylation sites (N-methyl/N-ethyl adjacent to an activating group) is 1. The van der Waals surface area contributed by atoms with E-state index in [0.29, 0.717) is 6.42 Å². The normalized spacial score (nSPS) is 26.0. The molecule has 3 rings (SSSR count). The Hall–Kier alpha value is -0.870. The first-order valence-electron chi connectivity index (χ1n) is 8.38. The van der Waals surface area contributed by atoms with Crippen molar-refractivity contribution in [3.63, 3.8) is 0 Å². The topological polar surface area (TPSA) is 62.2 Å². The van der Waals surface area contributed by atoms with Crippen LogP contribution in [0.1, 0.15) is 19.4 Å². The van der Waals surface area contributed by atoms with Gasteiger partial charge in [-0.2, -0.15) is 0 Å². The molecular formula is C17H24IN3O3S. The molecule has 0 spiro atoms. The van der Waals surface area contributed by atoms with Crippen LogP contribution in [0.2, 0.25) is 0 Å². The van der Waals surface area contributed by atoms with E-state index in [2.05, 4.69) is 33.4 Å². The van der Waals surface area contributed by atoms with Crippen molar-refractivity contribution >= 4 is 42.2 Å². The second-order valence-electron chi connectivity index (χ2n) is 7.21. The van der Waals surface area contributed by atoms with Gasteiger partial charge in [0.05, 0.1) is 0 Å². The Morgan fingerprint density at radius 1 is 1.20 bits per heavy atom. The fraction of sp³-hybridized carbons (Fsp3) is 0.588. The molecule has 1 fully saturated rings. The van der Waals surface area contributed by atoms with Crippen LogP contribution in [0, 0.1) is 0 Å². The number of ether oxygens (including phenoxy) is 1. The van der Waals surface area contributed by atoms with Crippen LogP contribution in [-0.2, 0) is 21.2 Å². The number of halogens is 1. The van der Waals surface area contributed by atoms with Gasteiger partial charge >= 0.3 is 0 Å². The summed E-state index contributed by atoms with van der Waals surface area (Å²) in [7, 11) is -1.44. The summed E-state index contributed by atoms with van der Waals surface area (Å²) in [6.07, 6.45) is 0.395. The first-order chi connectivity index (χ1) is 11.7. The van der Waals surface area contributed by atoms with Gasteiger partial charge in [-0.05, 0) is 45.0 Å². The van der Waals surface area contributed by atoms with E-state index in [4.69, 9.17) is 4.74 Å². The van der Waals surface area contributed by atoms with E-state index in [1.54, 1.807) is 13.8 Å². The second kappa shape index (κ2) is 7.03. The second-order valence-corrected chi connectivity index (χ2v) is 9.92. The van der Waals surface area contributed by atoms with Gasteiger partial charge in [0.25, 0.3) is 13.9 Å². The molecule has 1 aromatic carbocycles. The predicted molar refractivity (Wildman–Crippen MR) is 109 cm³/mol. The molecule has 2 heterocycles. The fourth-order valence-corrected chi connectivity index (χ4v) is 6.22. The third-order valence-corrected chi connectivity index (χ3v) is 7.57. The number of hydrogen-bond donors (Lipinski definition) is 0. The van der Waals surface area contributed by atoms with Crippen LogP contribution < -0.4 is 4.90 Å². The lowest BCUT2D eigenvalue weighted by molar-refractivity contribution is 0.0925. The van der Waals surface area contributed by atoms with E-state index in [1.165, 1.54) is 5.69 Å². The van der Waals surface area contributed by atoms with Crippen molar-refractivity contribution in [3.8, 4) is 0 Å². The highest BCUT2D eigenvalue weighted by Gasteiger charge is 2.45. The smallest absolute Gasteiger partial charge is 0.263 e. The quantitative estimate of drug-likeness (QED) is 0.626. The number of piperazine rings is 1. The first kappa shape index (κ1) is 18.9. The number of benzene rings is 1. The Morgan fingerprint density at radius 2 is 1.80 bits per heavy atom. The van der Waals surface area contributed by atoms with E-state index in [9.17, 15) is 8.42 Å². The van der Waals surface area contributed by atoms with Gasteiger partial charge in [0.15, 0.2) is 0 Å². The maximum atomic E-state index is 12.5. The summed E-state index contributed by atoms with van der Waals surface area (Å²) in [6, 6.07) is 8.19. The van der Waals surface area contributed by atoms with Crippen molar-refractivity contribution in [3.05, 3.63) is 29.8 Å². The monoisotopic (exact) mass is 477 g/mol. The van der Waals surface area contributed by atoms with Crippen LogP contribution in [0.15, 0.2) is 28.7 Å². The van der Waals surface area contributed by atoms with E-state index in [-0.39, 0.29) is 3.90 Å². The van der Waals surface area contributed by atoms with Crippen LogP contribution in [0.4, 0.5) is 5.69 Å². The number of anilines is 1. The van der Waals surface area contributed by atoms with Gasteiger partial charge in [0.1, 0.15) is 10.9 Å². The molecule has 2 aliphatic rings. The van der Waals surface area contributed by atoms with Crippen LogP contribution in [-0.4, -0.2) is 61.3 Å². The molecule has 0 aliphatic carbocycles. The molecule has 25 heavy (non-hydrogen) atoms. The molecule has 1 aromatic rings. The lowest BCUT2D eigenvalue weighted by Gasteiger charge is -2.36. The maximum Gasteiger partial charge on any atom is 0.263 e. The zero-order chi connectivity index (χ0) is 18.2. The number of sulfonamides is 1. The summed E-state index contributed by atoms with van der Waals surface area (Å²) in [6.45, 7) is 7.76. The Bertz CT molecular complexity index is 754. The van der Waals surface area contributed by atoms with Crippen LogP contribution >= 0.6 is 22.6 Å². The van der Waals surface area contributed by atoms with Gasteiger partial charge in [-0.3, -0.25) is 0 Å². The molecule has 0 amide bonds. The predicted octanol–water partition coefficient (Wildman–Crippen LogP) is 2.28. The Morgan fingerprint density at radius 3 is 2.36 bits per heavy atom. The molecule has 1 atom stereocenters. The van der Waals surface area contributed by atoms with Crippen LogP contribution in [0.3, 0.4) is 0 Å². The van der Waals surface area contributed by atoms with Crippen molar-refractivity contribution in [2.75, 3.05) is 38.1 Å². The van der Waals surface area contributed by atoms with Crippen LogP contribution in [0.25, 0.3) is 0 Å². The standard InChI is InChI=1S/C17H24IN3O3S/c1-17(2)15(25(22,23)19-16(18)24-17)12-13-4-6-14(7-5-13)21-10-8-20(3)9-11-21/h4-7,15H,8-12H2,1-3H3. The summed E-state index contributed by atoms with van der Waals surface area (Å²) < 4.78 is 34.5. The first-order valence-corrected chi connectivity index (χ1v) is 11.0. The molecule has 1 unspecified atom stereocenters. The highest BCUT2D eigenvalue weighted by molar-refractivity contribution is 14.1. The van der Waals surface area contributed by atoms with E-state index in [0.717, 1.165) is 31.7 Å². The van der Waals surface area contributed by atoms with Crippen molar-refractivity contribution < 1.29 is 13.2 Å². The summed E-state index contributed by atoms with van der Waals surface area (Å²) in [5, 5.41) is -0.687. The number of nitrogens with zero attached hydrogens (tertiary/aromatic N) is 3. The van der Waals surface area contributed by atoms with Gasteiger partial charge < -0.3 is 14.5 Å². The molecule has 0 bridgehead atoms. The van der Waals surface area contributed by atoms with Gasteiger partial charge in [0.2, 0.25) is 0 Å². The lowest BCUT2D eigenvalue weighted by Crippen LogP contribution is -2.49. The van der Waals surface area contributed by atoms with Gasteiger partial charge in [0, 0.05) is 54.5 Å². The largest absolute Gasteiger partial charge is 0.465 e. The third kappa shape index (κ3) is 4.28. The third-order valence-electron chi connectivity index (χ3n) is 4.91. The lowest BCUT2D eigenvalue weighted by atomic mass is 9.97. The van der Waals surface area contributed by atoms with E-state index < -0.39 is 20.9 Å². The fourth-order valence-electron chi connectivity index (χ4n) is 3.30. The Labute approximate surface area is 163 Å². The SMILES string of the molecule is CN1CCN(c2ccc(CC3C(C)(C)OC(I)=NS3(=O)=O)cc2)CC1. The Kier molecular flexibility index (Phi) is 5.32. The molecule has 138 valence electrons. The molecule has 0 N–H and O–H groups in total. The van der Waals surface area contributed by atoms with E-state index in [1.807, 2.05) is 34.7 Å². The van der Waals surface area contributed by atoms with Crippen molar-refractivity contribution in [1.82, 2.24) is 4.90 Å². The highest BCUT2D eigenvalue weighted by atomic mass is 127.